The fraction of sp³-hybridized carbons (Fsp3) is 0.857. The van der Waals surface area contributed by atoms with Crippen LogP contribution in [0.1, 0.15) is 25.7 Å². The number of aliphatic hydroxyl groups is 1. The van der Waals surface area contributed by atoms with Gasteiger partial charge in [0.1, 0.15) is 0 Å². The van der Waals surface area contributed by atoms with Crippen LogP contribution in [0, 0.1) is 5.92 Å². The van der Waals surface area contributed by atoms with E-state index in [-0.39, 0.29) is 18.7 Å². The second-order valence-electron chi connectivity index (χ2n) is 5.84. The van der Waals surface area contributed by atoms with Gasteiger partial charge in [0.15, 0.2) is 0 Å². The molecule has 2 rings (SSSR count). The number of hydrogen-bond acceptors (Lipinski definition) is 4. The van der Waals surface area contributed by atoms with Gasteiger partial charge in [-0.2, -0.15) is 0 Å². The van der Waals surface area contributed by atoms with E-state index in [1.807, 2.05) is 0 Å². The topological polar surface area (TPSA) is 93.1 Å². The Bertz CT molecular complexity index is 369. The molecule has 1 heterocycles. The third-order valence-electron chi connectivity index (χ3n) is 4.47. The van der Waals surface area contributed by atoms with Crippen molar-refractivity contribution in [2.24, 2.45) is 5.92 Å². The van der Waals surface area contributed by atoms with Crippen LogP contribution >= 0.6 is 0 Å². The number of nitrogens with one attached hydrogen (secondary N) is 1. The van der Waals surface area contributed by atoms with E-state index < -0.39 is 11.9 Å². The molecule has 7 nitrogen and oxygen atoms in total. The van der Waals surface area contributed by atoms with Crippen molar-refractivity contribution in [1.82, 2.24) is 15.1 Å². The molecule has 0 spiro atoms. The van der Waals surface area contributed by atoms with Crippen LogP contribution in [0.4, 0.5) is 4.79 Å². The number of piperazine rings is 1. The number of nitrogens with zero attached hydrogens (tertiary/aromatic N) is 2. The number of rotatable bonds is 4. The average Bonchev–Trinajstić information content (AvgIpc) is 2.48. The molecular formula is C14H25N3O4. The molecule has 2 aliphatic rings. The van der Waals surface area contributed by atoms with E-state index in [4.69, 9.17) is 5.11 Å². The molecule has 0 aromatic rings. The summed E-state index contributed by atoms with van der Waals surface area (Å²) >= 11 is 0. The van der Waals surface area contributed by atoms with Crippen LogP contribution in [-0.2, 0) is 4.79 Å². The lowest BCUT2D eigenvalue weighted by atomic mass is 9.84. The normalized spacial score (nSPS) is 27.4. The summed E-state index contributed by atoms with van der Waals surface area (Å²) in [5.74, 6) is -1.27. The Balaban J connectivity index is 1.82. The third kappa shape index (κ3) is 4.31. The molecule has 1 saturated heterocycles. The van der Waals surface area contributed by atoms with Crippen LogP contribution in [0.5, 0.6) is 0 Å². The summed E-state index contributed by atoms with van der Waals surface area (Å²) in [6.07, 6.45) is 3.28. The Hall–Kier alpha value is -1.34. The molecule has 1 saturated carbocycles. The summed E-state index contributed by atoms with van der Waals surface area (Å²) in [5, 5.41) is 21.0. The van der Waals surface area contributed by atoms with Gasteiger partial charge >= 0.3 is 12.0 Å². The van der Waals surface area contributed by atoms with E-state index in [1.54, 1.807) is 4.90 Å². The minimum atomic E-state index is -0.812. The molecule has 0 bridgehead atoms. The lowest BCUT2D eigenvalue weighted by molar-refractivity contribution is -0.143. The molecule has 21 heavy (non-hydrogen) atoms. The number of aliphatic hydroxyl groups excluding tert-OH is 1. The van der Waals surface area contributed by atoms with Crippen LogP contribution in [0.2, 0.25) is 0 Å². The van der Waals surface area contributed by atoms with Gasteiger partial charge in [0.05, 0.1) is 12.5 Å². The van der Waals surface area contributed by atoms with Gasteiger partial charge in [-0.15, -0.1) is 0 Å². The first kappa shape index (κ1) is 16.0. The van der Waals surface area contributed by atoms with Crippen molar-refractivity contribution in [2.45, 2.75) is 31.7 Å². The van der Waals surface area contributed by atoms with Gasteiger partial charge in [0.2, 0.25) is 0 Å². The third-order valence-corrected chi connectivity index (χ3v) is 4.47. The zero-order chi connectivity index (χ0) is 15.2. The highest BCUT2D eigenvalue weighted by atomic mass is 16.4. The van der Waals surface area contributed by atoms with Crippen molar-refractivity contribution in [2.75, 3.05) is 39.3 Å². The molecule has 2 atom stereocenters. The van der Waals surface area contributed by atoms with Crippen molar-refractivity contribution in [3.05, 3.63) is 0 Å². The zero-order valence-corrected chi connectivity index (χ0v) is 12.3. The van der Waals surface area contributed by atoms with Crippen LogP contribution in [0.25, 0.3) is 0 Å². The van der Waals surface area contributed by atoms with E-state index in [2.05, 4.69) is 10.2 Å². The number of aliphatic carboxylic acids is 1. The number of amides is 2. The van der Waals surface area contributed by atoms with E-state index in [0.29, 0.717) is 26.1 Å². The molecular weight excluding hydrogens is 274 g/mol. The SMILES string of the molecule is O=C(O)C1CCCCC1NC(=O)N1CCN(CCO)CC1. The number of β-amino-alcohol motifs (C(OH)–C–C–N with tert-alkyl or cyclic N) is 1. The van der Waals surface area contributed by atoms with Crippen molar-refractivity contribution in [1.29, 1.82) is 0 Å². The maximum Gasteiger partial charge on any atom is 0.317 e. The minimum absolute atomic E-state index is 0.133. The first-order valence-corrected chi connectivity index (χ1v) is 7.73. The smallest absolute Gasteiger partial charge is 0.317 e. The van der Waals surface area contributed by atoms with Gasteiger partial charge in [-0.25, -0.2) is 4.79 Å². The maximum absolute atomic E-state index is 12.3. The van der Waals surface area contributed by atoms with Gasteiger partial charge in [0.25, 0.3) is 0 Å². The predicted molar refractivity (Wildman–Crippen MR) is 77.0 cm³/mol. The maximum atomic E-state index is 12.3. The van der Waals surface area contributed by atoms with Crippen molar-refractivity contribution >= 4 is 12.0 Å². The van der Waals surface area contributed by atoms with Crippen LogP contribution in [0.3, 0.4) is 0 Å². The molecule has 0 aromatic carbocycles. The fourth-order valence-corrected chi connectivity index (χ4v) is 3.17. The van der Waals surface area contributed by atoms with Gasteiger partial charge < -0.3 is 20.4 Å². The lowest BCUT2D eigenvalue weighted by Gasteiger charge is -2.36. The molecule has 2 amide bonds. The molecule has 2 unspecified atom stereocenters. The Morgan fingerprint density at radius 1 is 1.10 bits per heavy atom. The average molecular weight is 299 g/mol. The van der Waals surface area contributed by atoms with Crippen LogP contribution in [0.15, 0.2) is 0 Å². The summed E-state index contributed by atoms with van der Waals surface area (Å²) in [6.45, 7) is 3.52. The van der Waals surface area contributed by atoms with E-state index in [9.17, 15) is 14.7 Å². The summed E-state index contributed by atoms with van der Waals surface area (Å²) in [7, 11) is 0. The molecule has 1 aliphatic heterocycles. The Morgan fingerprint density at radius 3 is 2.38 bits per heavy atom. The minimum Gasteiger partial charge on any atom is -0.481 e. The number of carboxylic acids is 1. The first-order chi connectivity index (χ1) is 10.1. The number of carbonyl (C=O) groups is 2. The molecule has 7 heteroatoms. The van der Waals surface area contributed by atoms with Gasteiger partial charge in [-0.1, -0.05) is 12.8 Å². The number of hydrogen-bond donors (Lipinski definition) is 3. The zero-order valence-electron chi connectivity index (χ0n) is 12.3. The van der Waals surface area contributed by atoms with Crippen molar-refractivity contribution in [3.8, 4) is 0 Å². The van der Waals surface area contributed by atoms with Crippen LogP contribution in [-0.4, -0.2) is 77.4 Å². The fourth-order valence-electron chi connectivity index (χ4n) is 3.17. The standard InChI is InChI=1S/C14H25N3O4/c18-10-9-16-5-7-17(8-6-16)14(21)15-12-4-2-1-3-11(12)13(19)20/h11-12,18H,1-10H2,(H,15,21)(H,19,20). The molecule has 2 fully saturated rings. The Kier molecular flexibility index (Phi) is 5.81. The van der Waals surface area contributed by atoms with Crippen molar-refractivity contribution in [3.63, 3.8) is 0 Å². The summed E-state index contributed by atoms with van der Waals surface area (Å²) in [5.41, 5.74) is 0. The van der Waals surface area contributed by atoms with Gasteiger partial charge in [-0.3, -0.25) is 9.69 Å². The summed E-state index contributed by atoms with van der Waals surface area (Å²) < 4.78 is 0. The Labute approximate surface area is 124 Å². The highest BCUT2D eigenvalue weighted by Crippen LogP contribution is 2.24. The van der Waals surface area contributed by atoms with Gasteiger partial charge in [-0.05, 0) is 12.8 Å². The summed E-state index contributed by atoms with van der Waals surface area (Å²) in [6, 6.07) is -0.406. The molecule has 0 aromatic heterocycles. The largest absolute Gasteiger partial charge is 0.481 e. The van der Waals surface area contributed by atoms with Crippen LogP contribution < -0.4 is 5.32 Å². The molecule has 1 aliphatic carbocycles. The van der Waals surface area contributed by atoms with E-state index in [0.717, 1.165) is 32.4 Å². The molecule has 3 N–H and O–H groups in total. The summed E-state index contributed by atoms with van der Waals surface area (Å²) in [4.78, 5) is 27.3. The lowest BCUT2D eigenvalue weighted by Crippen LogP contribution is -2.55. The highest BCUT2D eigenvalue weighted by Gasteiger charge is 2.33. The quantitative estimate of drug-likeness (QED) is 0.677. The van der Waals surface area contributed by atoms with E-state index in [1.165, 1.54) is 0 Å². The molecule has 0 radical (unpaired) electrons. The van der Waals surface area contributed by atoms with E-state index >= 15 is 0 Å². The van der Waals surface area contributed by atoms with Gasteiger partial charge in [0, 0.05) is 38.8 Å². The predicted octanol–water partition coefficient (Wildman–Crippen LogP) is -0.0507. The van der Waals surface area contributed by atoms with Crippen molar-refractivity contribution < 1.29 is 19.8 Å². The number of carboxylic acid groups (broad SMARTS) is 1. The number of carbonyl (C=O) groups excluding carboxylic acids is 1. The second-order valence-corrected chi connectivity index (χ2v) is 5.84. The Morgan fingerprint density at radius 2 is 1.76 bits per heavy atom. The second kappa shape index (κ2) is 7.61. The molecule has 120 valence electrons. The number of urea groups is 1. The first-order valence-electron chi connectivity index (χ1n) is 7.73. The highest BCUT2D eigenvalue weighted by molar-refractivity contribution is 5.77. The monoisotopic (exact) mass is 299 g/mol.